The zero-order valence-corrected chi connectivity index (χ0v) is 12.3. The Morgan fingerprint density at radius 3 is 2.26 bits per heavy atom. The van der Waals surface area contributed by atoms with Gasteiger partial charge in [0.25, 0.3) is 0 Å². The number of amides is 1. The van der Waals surface area contributed by atoms with E-state index >= 15 is 0 Å². The van der Waals surface area contributed by atoms with Crippen LogP contribution in [-0.2, 0) is 4.79 Å². The maximum absolute atomic E-state index is 12.2. The second kappa shape index (κ2) is 8.43. The summed E-state index contributed by atoms with van der Waals surface area (Å²) < 4.78 is 0. The van der Waals surface area contributed by atoms with Gasteiger partial charge in [-0.25, -0.2) is 0 Å². The van der Waals surface area contributed by atoms with Gasteiger partial charge in [-0.1, -0.05) is 11.6 Å². The zero-order valence-electron chi connectivity index (χ0n) is 10.8. The van der Waals surface area contributed by atoms with E-state index in [1.54, 1.807) is 12.1 Å². The average Bonchev–Trinajstić information content (AvgIpc) is 2.40. The van der Waals surface area contributed by atoms with E-state index < -0.39 is 0 Å². The molecular formula is C13H18ClNO3S. The molecule has 0 aliphatic carbocycles. The molecule has 1 aromatic rings. The van der Waals surface area contributed by atoms with Gasteiger partial charge in [-0.05, 0) is 31.2 Å². The van der Waals surface area contributed by atoms with Crippen molar-refractivity contribution in [2.75, 3.05) is 26.3 Å². The number of hydrogen-bond donors (Lipinski definition) is 2. The molecule has 1 atom stereocenters. The molecular weight excluding hydrogens is 286 g/mol. The Morgan fingerprint density at radius 1 is 1.26 bits per heavy atom. The topological polar surface area (TPSA) is 60.8 Å². The maximum atomic E-state index is 12.2. The number of thioether (sulfide) groups is 1. The molecule has 1 rings (SSSR count). The van der Waals surface area contributed by atoms with E-state index in [0.29, 0.717) is 5.02 Å². The van der Waals surface area contributed by atoms with Gasteiger partial charge < -0.3 is 15.1 Å². The van der Waals surface area contributed by atoms with Crippen molar-refractivity contribution in [3.63, 3.8) is 0 Å². The molecule has 0 aromatic heterocycles. The number of rotatable bonds is 7. The molecule has 0 aliphatic heterocycles. The fourth-order valence-electron chi connectivity index (χ4n) is 1.60. The highest BCUT2D eigenvalue weighted by atomic mass is 35.5. The van der Waals surface area contributed by atoms with Gasteiger partial charge in [-0.2, -0.15) is 0 Å². The van der Waals surface area contributed by atoms with Gasteiger partial charge in [-0.3, -0.25) is 4.79 Å². The molecule has 0 saturated carbocycles. The highest BCUT2D eigenvalue weighted by Gasteiger charge is 2.20. The fourth-order valence-corrected chi connectivity index (χ4v) is 2.68. The molecule has 0 fully saturated rings. The molecule has 1 unspecified atom stereocenters. The van der Waals surface area contributed by atoms with Crippen molar-refractivity contribution in [1.29, 1.82) is 0 Å². The Kier molecular flexibility index (Phi) is 7.23. The number of nitrogens with zero attached hydrogens (tertiary/aromatic N) is 1. The van der Waals surface area contributed by atoms with Crippen molar-refractivity contribution >= 4 is 29.3 Å². The highest BCUT2D eigenvalue weighted by Crippen LogP contribution is 2.25. The first-order valence-corrected chi connectivity index (χ1v) is 7.27. The summed E-state index contributed by atoms with van der Waals surface area (Å²) in [5, 5.41) is 18.2. The van der Waals surface area contributed by atoms with E-state index in [-0.39, 0.29) is 37.5 Å². The largest absolute Gasteiger partial charge is 0.395 e. The molecule has 106 valence electrons. The summed E-state index contributed by atoms with van der Waals surface area (Å²) in [5.74, 6) is -0.0944. The number of hydrogen-bond acceptors (Lipinski definition) is 4. The summed E-state index contributed by atoms with van der Waals surface area (Å²) in [6, 6.07) is 7.28. The van der Waals surface area contributed by atoms with Crippen molar-refractivity contribution in [3.8, 4) is 0 Å². The third-order valence-electron chi connectivity index (χ3n) is 2.53. The standard InChI is InChI=1S/C13H18ClNO3S/c1-10(13(18)15(6-8-16)7-9-17)19-12-4-2-11(14)3-5-12/h2-5,10,16-17H,6-9H2,1H3. The number of aliphatic hydroxyl groups excluding tert-OH is 2. The van der Waals surface area contributed by atoms with Crippen LogP contribution in [0.15, 0.2) is 29.2 Å². The number of carbonyl (C=O) groups is 1. The Bertz CT molecular complexity index is 393. The summed E-state index contributed by atoms with van der Waals surface area (Å²) in [6.45, 7) is 2.08. The van der Waals surface area contributed by atoms with E-state index in [1.165, 1.54) is 16.7 Å². The second-order valence-corrected chi connectivity index (χ2v) is 5.84. The SMILES string of the molecule is CC(Sc1ccc(Cl)cc1)C(=O)N(CCO)CCO. The predicted octanol–water partition coefficient (Wildman–Crippen LogP) is 1.63. The van der Waals surface area contributed by atoms with Gasteiger partial charge in [-0.15, -0.1) is 11.8 Å². The van der Waals surface area contributed by atoms with Crippen molar-refractivity contribution < 1.29 is 15.0 Å². The first kappa shape index (κ1) is 16.3. The van der Waals surface area contributed by atoms with Crippen LogP contribution in [0.3, 0.4) is 0 Å². The molecule has 0 radical (unpaired) electrons. The number of carbonyl (C=O) groups excluding carboxylic acids is 1. The molecule has 0 saturated heterocycles. The van der Waals surface area contributed by atoms with Crippen LogP contribution in [0.25, 0.3) is 0 Å². The zero-order chi connectivity index (χ0) is 14.3. The van der Waals surface area contributed by atoms with Crippen LogP contribution < -0.4 is 0 Å². The van der Waals surface area contributed by atoms with Gasteiger partial charge in [0.1, 0.15) is 0 Å². The minimum atomic E-state index is -0.278. The van der Waals surface area contributed by atoms with Crippen molar-refractivity contribution in [1.82, 2.24) is 4.90 Å². The van der Waals surface area contributed by atoms with Crippen molar-refractivity contribution in [3.05, 3.63) is 29.3 Å². The summed E-state index contributed by atoms with van der Waals surface area (Å²) in [5.41, 5.74) is 0. The van der Waals surface area contributed by atoms with Gasteiger partial charge >= 0.3 is 0 Å². The number of aliphatic hydroxyl groups is 2. The van der Waals surface area contributed by atoms with Gasteiger partial charge in [0, 0.05) is 23.0 Å². The molecule has 19 heavy (non-hydrogen) atoms. The molecule has 1 aromatic carbocycles. The molecule has 1 amide bonds. The first-order chi connectivity index (χ1) is 9.08. The lowest BCUT2D eigenvalue weighted by Crippen LogP contribution is -2.40. The van der Waals surface area contributed by atoms with Crippen molar-refractivity contribution in [2.45, 2.75) is 17.1 Å². The lowest BCUT2D eigenvalue weighted by Gasteiger charge is -2.24. The van der Waals surface area contributed by atoms with Crippen LogP contribution in [0.2, 0.25) is 5.02 Å². The molecule has 0 aliphatic rings. The predicted molar refractivity (Wildman–Crippen MR) is 77.5 cm³/mol. The van der Waals surface area contributed by atoms with E-state index in [9.17, 15) is 4.79 Å². The van der Waals surface area contributed by atoms with Crippen LogP contribution in [0, 0.1) is 0 Å². The summed E-state index contributed by atoms with van der Waals surface area (Å²) >= 11 is 7.23. The van der Waals surface area contributed by atoms with Crippen LogP contribution >= 0.6 is 23.4 Å². The van der Waals surface area contributed by atoms with E-state index in [1.807, 2.05) is 19.1 Å². The molecule has 0 spiro atoms. The fraction of sp³-hybridized carbons (Fsp3) is 0.462. The third kappa shape index (κ3) is 5.40. The lowest BCUT2D eigenvalue weighted by atomic mass is 10.3. The third-order valence-corrected chi connectivity index (χ3v) is 3.88. The van der Waals surface area contributed by atoms with Gasteiger partial charge in [0.2, 0.25) is 5.91 Å². The number of halogens is 1. The van der Waals surface area contributed by atoms with E-state index in [2.05, 4.69) is 0 Å². The summed E-state index contributed by atoms with van der Waals surface area (Å²) in [4.78, 5) is 14.6. The van der Waals surface area contributed by atoms with E-state index in [4.69, 9.17) is 21.8 Å². The number of benzene rings is 1. The molecule has 0 bridgehead atoms. The Hall–Kier alpha value is -0.750. The van der Waals surface area contributed by atoms with E-state index in [0.717, 1.165) is 4.90 Å². The minimum Gasteiger partial charge on any atom is -0.395 e. The molecule has 0 heterocycles. The quantitative estimate of drug-likeness (QED) is 0.752. The maximum Gasteiger partial charge on any atom is 0.235 e. The highest BCUT2D eigenvalue weighted by molar-refractivity contribution is 8.00. The lowest BCUT2D eigenvalue weighted by molar-refractivity contribution is -0.131. The van der Waals surface area contributed by atoms with Gasteiger partial charge in [0.15, 0.2) is 0 Å². The minimum absolute atomic E-state index is 0.0944. The van der Waals surface area contributed by atoms with Crippen molar-refractivity contribution in [2.24, 2.45) is 0 Å². The molecule has 6 heteroatoms. The van der Waals surface area contributed by atoms with Crippen LogP contribution in [-0.4, -0.2) is 52.6 Å². The Balaban J connectivity index is 2.62. The first-order valence-electron chi connectivity index (χ1n) is 6.01. The van der Waals surface area contributed by atoms with Crippen LogP contribution in [0.1, 0.15) is 6.92 Å². The summed E-state index contributed by atoms with van der Waals surface area (Å²) in [7, 11) is 0. The van der Waals surface area contributed by atoms with Gasteiger partial charge in [0.05, 0.1) is 18.5 Å². The van der Waals surface area contributed by atoms with Crippen LogP contribution in [0.4, 0.5) is 0 Å². The smallest absolute Gasteiger partial charge is 0.235 e. The Morgan fingerprint density at radius 2 is 1.79 bits per heavy atom. The monoisotopic (exact) mass is 303 g/mol. The summed E-state index contributed by atoms with van der Waals surface area (Å²) in [6.07, 6.45) is 0. The molecule has 2 N–H and O–H groups in total. The average molecular weight is 304 g/mol. The normalized spacial score (nSPS) is 12.2. The Labute approximate surface area is 122 Å². The molecule has 4 nitrogen and oxygen atoms in total. The second-order valence-electron chi connectivity index (χ2n) is 3.99. The van der Waals surface area contributed by atoms with Crippen LogP contribution in [0.5, 0.6) is 0 Å².